The third-order valence-corrected chi connectivity index (χ3v) is 6.22. The lowest BCUT2D eigenvalue weighted by Gasteiger charge is -2.45. The molecule has 4 nitrogen and oxygen atoms in total. The van der Waals surface area contributed by atoms with Gasteiger partial charge >= 0.3 is 5.97 Å². The Morgan fingerprint density at radius 3 is 2.48 bits per heavy atom. The molecule has 1 saturated carbocycles. The van der Waals surface area contributed by atoms with Gasteiger partial charge < -0.3 is 14.4 Å². The van der Waals surface area contributed by atoms with E-state index >= 15 is 0 Å². The number of anilines is 1. The molecule has 1 aliphatic carbocycles. The molecule has 2 aliphatic rings. The molecular formula is C24H28ClNO3. The second-order valence-corrected chi connectivity index (χ2v) is 9.66. The van der Waals surface area contributed by atoms with Gasteiger partial charge in [0.15, 0.2) is 0 Å². The summed E-state index contributed by atoms with van der Waals surface area (Å²) >= 11 is 6.65. The lowest BCUT2D eigenvalue weighted by atomic mass is 9.59. The van der Waals surface area contributed by atoms with Gasteiger partial charge in [0.05, 0.1) is 13.0 Å². The first kappa shape index (κ1) is 20.1. The Morgan fingerprint density at radius 2 is 1.86 bits per heavy atom. The van der Waals surface area contributed by atoms with Gasteiger partial charge in [-0.15, -0.1) is 0 Å². The third-order valence-electron chi connectivity index (χ3n) is 5.90. The standard InChI is InChI=1S/C24H28ClNO3/c1-23(2,3)29-22(27)17-12-24(13-17)15-26(20-7-5-6-19(25)21(20)24)14-16-8-10-18(28-4)11-9-16/h5-11,17H,12-15H2,1-4H3. The highest BCUT2D eigenvalue weighted by molar-refractivity contribution is 6.32. The number of ether oxygens (including phenoxy) is 2. The molecule has 2 aromatic carbocycles. The Hall–Kier alpha value is -2.20. The summed E-state index contributed by atoms with van der Waals surface area (Å²) in [7, 11) is 1.68. The number of fused-ring (bicyclic) bond motifs is 2. The Kier molecular flexibility index (Phi) is 5.02. The molecule has 0 radical (unpaired) electrons. The number of benzene rings is 2. The van der Waals surface area contributed by atoms with E-state index in [0.717, 1.165) is 36.7 Å². The topological polar surface area (TPSA) is 38.8 Å². The number of hydrogen-bond donors (Lipinski definition) is 0. The molecule has 0 unspecified atom stereocenters. The molecule has 4 rings (SSSR count). The second kappa shape index (κ2) is 7.24. The summed E-state index contributed by atoms with van der Waals surface area (Å²) in [6.45, 7) is 7.42. The largest absolute Gasteiger partial charge is 0.497 e. The Labute approximate surface area is 177 Å². The van der Waals surface area contributed by atoms with Crippen LogP contribution in [0, 0.1) is 5.92 Å². The number of esters is 1. The van der Waals surface area contributed by atoms with Crippen LogP contribution < -0.4 is 9.64 Å². The monoisotopic (exact) mass is 413 g/mol. The molecule has 5 heteroatoms. The Morgan fingerprint density at radius 1 is 1.17 bits per heavy atom. The first-order valence-corrected chi connectivity index (χ1v) is 10.5. The fourth-order valence-corrected chi connectivity index (χ4v) is 5.06. The van der Waals surface area contributed by atoms with E-state index in [4.69, 9.17) is 21.1 Å². The molecule has 0 aromatic heterocycles. The molecule has 0 atom stereocenters. The second-order valence-electron chi connectivity index (χ2n) is 9.26. The highest BCUT2D eigenvalue weighted by atomic mass is 35.5. The lowest BCUT2D eigenvalue weighted by molar-refractivity contribution is -0.165. The summed E-state index contributed by atoms with van der Waals surface area (Å²) in [6.07, 6.45) is 1.58. The van der Waals surface area contributed by atoms with Crippen molar-refractivity contribution in [1.82, 2.24) is 0 Å². The summed E-state index contributed by atoms with van der Waals surface area (Å²) < 4.78 is 10.9. The quantitative estimate of drug-likeness (QED) is 0.632. The number of carbonyl (C=O) groups is 1. The maximum atomic E-state index is 12.5. The zero-order valence-electron chi connectivity index (χ0n) is 17.5. The molecule has 0 saturated heterocycles. The molecule has 2 aromatic rings. The Bertz CT molecular complexity index is 911. The van der Waals surface area contributed by atoms with Gasteiger partial charge in [-0.1, -0.05) is 29.8 Å². The third kappa shape index (κ3) is 3.83. The maximum Gasteiger partial charge on any atom is 0.309 e. The molecular weight excluding hydrogens is 386 g/mol. The molecule has 1 fully saturated rings. The average Bonchev–Trinajstić information content (AvgIpc) is 2.96. The summed E-state index contributed by atoms with van der Waals surface area (Å²) in [5, 5.41) is 0.794. The lowest BCUT2D eigenvalue weighted by Crippen LogP contribution is -2.49. The number of halogens is 1. The van der Waals surface area contributed by atoms with Crippen molar-refractivity contribution in [2.75, 3.05) is 18.6 Å². The van der Waals surface area contributed by atoms with E-state index in [2.05, 4.69) is 23.1 Å². The molecule has 1 spiro atoms. The fraction of sp³-hybridized carbons (Fsp3) is 0.458. The van der Waals surface area contributed by atoms with E-state index in [-0.39, 0.29) is 17.3 Å². The van der Waals surface area contributed by atoms with Crippen molar-refractivity contribution in [3.05, 3.63) is 58.6 Å². The summed E-state index contributed by atoms with van der Waals surface area (Å²) in [6, 6.07) is 14.3. The minimum absolute atomic E-state index is 0.0562. The van der Waals surface area contributed by atoms with Crippen LogP contribution in [0.5, 0.6) is 5.75 Å². The van der Waals surface area contributed by atoms with Crippen LogP contribution in [0.4, 0.5) is 5.69 Å². The zero-order valence-corrected chi connectivity index (χ0v) is 18.3. The molecule has 1 aliphatic heterocycles. The van der Waals surface area contributed by atoms with Gasteiger partial charge in [0.1, 0.15) is 11.4 Å². The van der Waals surface area contributed by atoms with Crippen LogP contribution >= 0.6 is 11.6 Å². The van der Waals surface area contributed by atoms with Crippen LogP contribution in [0.1, 0.15) is 44.7 Å². The maximum absolute atomic E-state index is 12.5. The van der Waals surface area contributed by atoms with E-state index in [9.17, 15) is 4.79 Å². The highest BCUT2D eigenvalue weighted by Crippen LogP contribution is 2.57. The van der Waals surface area contributed by atoms with Gasteiger partial charge in [-0.3, -0.25) is 4.79 Å². The summed E-state index contributed by atoms with van der Waals surface area (Å²) in [4.78, 5) is 14.9. The molecule has 154 valence electrons. The van der Waals surface area contributed by atoms with Crippen LogP contribution in [-0.2, 0) is 21.5 Å². The zero-order chi connectivity index (χ0) is 20.8. The van der Waals surface area contributed by atoms with Crippen molar-refractivity contribution in [2.45, 2.75) is 51.2 Å². The van der Waals surface area contributed by atoms with E-state index in [1.54, 1.807) is 7.11 Å². The fourth-order valence-electron chi connectivity index (χ4n) is 4.69. The van der Waals surface area contributed by atoms with E-state index in [1.807, 2.05) is 45.0 Å². The Balaban J connectivity index is 1.55. The predicted molar refractivity (Wildman–Crippen MR) is 116 cm³/mol. The number of nitrogens with zero attached hydrogens (tertiary/aromatic N) is 1. The van der Waals surface area contributed by atoms with E-state index < -0.39 is 5.60 Å². The summed E-state index contributed by atoms with van der Waals surface area (Å²) in [5.41, 5.74) is 3.07. The highest BCUT2D eigenvalue weighted by Gasteiger charge is 2.55. The van der Waals surface area contributed by atoms with Gasteiger partial charge in [-0.2, -0.15) is 0 Å². The van der Waals surface area contributed by atoms with Crippen molar-refractivity contribution in [3.63, 3.8) is 0 Å². The van der Waals surface area contributed by atoms with Gasteiger partial charge in [-0.25, -0.2) is 0 Å². The van der Waals surface area contributed by atoms with Crippen LogP contribution in [0.15, 0.2) is 42.5 Å². The van der Waals surface area contributed by atoms with Crippen LogP contribution in [0.3, 0.4) is 0 Å². The molecule has 0 N–H and O–H groups in total. The van der Waals surface area contributed by atoms with E-state index in [1.165, 1.54) is 16.8 Å². The SMILES string of the molecule is COc1ccc(CN2CC3(CC(C(=O)OC(C)(C)C)C3)c3c(Cl)cccc32)cc1. The summed E-state index contributed by atoms with van der Waals surface area (Å²) in [5.74, 6) is 0.707. The van der Waals surface area contributed by atoms with Gasteiger partial charge in [0.2, 0.25) is 0 Å². The smallest absolute Gasteiger partial charge is 0.309 e. The predicted octanol–water partition coefficient (Wildman–Crippen LogP) is 5.36. The minimum Gasteiger partial charge on any atom is -0.497 e. The number of carbonyl (C=O) groups excluding carboxylic acids is 1. The number of rotatable bonds is 4. The molecule has 29 heavy (non-hydrogen) atoms. The minimum atomic E-state index is -0.453. The van der Waals surface area contributed by atoms with Gasteiger partial charge in [0.25, 0.3) is 0 Å². The van der Waals surface area contributed by atoms with Crippen LogP contribution in [-0.4, -0.2) is 25.2 Å². The van der Waals surface area contributed by atoms with Crippen molar-refractivity contribution in [1.29, 1.82) is 0 Å². The first-order chi connectivity index (χ1) is 13.7. The average molecular weight is 414 g/mol. The van der Waals surface area contributed by atoms with E-state index in [0.29, 0.717) is 0 Å². The van der Waals surface area contributed by atoms with Crippen molar-refractivity contribution >= 4 is 23.3 Å². The molecule has 0 amide bonds. The normalized spacial score (nSPS) is 22.9. The number of methoxy groups -OCH3 is 1. The van der Waals surface area contributed by atoms with Crippen LogP contribution in [0.25, 0.3) is 0 Å². The number of hydrogen-bond acceptors (Lipinski definition) is 4. The first-order valence-electron chi connectivity index (χ1n) is 10.1. The van der Waals surface area contributed by atoms with Crippen molar-refractivity contribution in [2.24, 2.45) is 5.92 Å². The van der Waals surface area contributed by atoms with Crippen molar-refractivity contribution in [3.8, 4) is 5.75 Å². The van der Waals surface area contributed by atoms with Gasteiger partial charge in [-0.05, 0) is 63.4 Å². The van der Waals surface area contributed by atoms with Crippen LogP contribution in [0.2, 0.25) is 5.02 Å². The molecule has 0 bridgehead atoms. The molecule has 1 heterocycles. The van der Waals surface area contributed by atoms with Gasteiger partial charge in [0, 0.05) is 34.8 Å². The van der Waals surface area contributed by atoms with Crippen molar-refractivity contribution < 1.29 is 14.3 Å².